The van der Waals surface area contributed by atoms with Crippen LogP contribution >= 0.6 is 0 Å². The lowest BCUT2D eigenvalue weighted by molar-refractivity contribution is -0.132. The third-order valence-electron chi connectivity index (χ3n) is 3.03. The lowest BCUT2D eigenvalue weighted by Gasteiger charge is -2.26. The predicted octanol–water partition coefficient (Wildman–Crippen LogP) is 2.40. The summed E-state index contributed by atoms with van der Waals surface area (Å²) < 4.78 is 0. The molecule has 0 aromatic heterocycles. The lowest BCUT2D eigenvalue weighted by Crippen LogP contribution is -2.37. The second kappa shape index (κ2) is 9.80. The average Bonchev–Trinajstić information content (AvgIpc) is 2.32. The van der Waals surface area contributed by atoms with Crippen LogP contribution < -0.4 is 5.73 Å². The van der Waals surface area contributed by atoms with E-state index in [1.54, 1.807) is 0 Å². The van der Waals surface area contributed by atoms with E-state index in [-0.39, 0.29) is 11.8 Å². The molecule has 1 amide bonds. The predicted molar refractivity (Wildman–Crippen MR) is 78.3 cm³/mol. The molecule has 1 unspecified atom stereocenters. The highest BCUT2D eigenvalue weighted by atomic mass is 16.2. The smallest absolute Gasteiger partial charge is 0.222 e. The van der Waals surface area contributed by atoms with Gasteiger partial charge in [0.1, 0.15) is 0 Å². The quantitative estimate of drug-likeness (QED) is 0.697. The fourth-order valence-corrected chi connectivity index (χ4v) is 2.25. The minimum absolute atomic E-state index is 0.139. The van der Waals surface area contributed by atoms with Crippen LogP contribution in [0.3, 0.4) is 0 Å². The van der Waals surface area contributed by atoms with Crippen molar-refractivity contribution in [2.75, 3.05) is 19.6 Å². The van der Waals surface area contributed by atoms with E-state index in [1.165, 1.54) is 0 Å². The second-order valence-corrected chi connectivity index (χ2v) is 6.08. The van der Waals surface area contributed by atoms with E-state index in [0.717, 1.165) is 13.0 Å². The Morgan fingerprint density at radius 2 is 1.89 bits per heavy atom. The number of carbonyl (C=O) groups excluding carboxylic acids is 1. The molecule has 0 radical (unpaired) electrons. The zero-order valence-electron chi connectivity index (χ0n) is 12.9. The summed E-state index contributed by atoms with van der Waals surface area (Å²) in [5.74, 6) is 1.37. The van der Waals surface area contributed by atoms with E-state index in [4.69, 9.17) is 11.0 Å². The van der Waals surface area contributed by atoms with Crippen LogP contribution in [-0.2, 0) is 4.79 Å². The first-order valence-electron chi connectivity index (χ1n) is 7.25. The molecule has 0 fully saturated rings. The van der Waals surface area contributed by atoms with Gasteiger partial charge >= 0.3 is 0 Å². The highest BCUT2D eigenvalue weighted by Gasteiger charge is 2.19. The van der Waals surface area contributed by atoms with Crippen LogP contribution in [-0.4, -0.2) is 30.4 Å². The SMILES string of the molecule is CC(C)CC(CN)CC(=O)N(CCC#N)CC(C)C. The lowest BCUT2D eigenvalue weighted by atomic mass is 9.93. The molecule has 19 heavy (non-hydrogen) atoms. The summed E-state index contributed by atoms with van der Waals surface area (Å²) in [6.45, 7) is 10.3. The first-order valence-corrected chi connectivity index (χ1v) is 7.25. The third kappa shape index (κ3) is 8.61. The van der Waals surface area contributed by atoms with Crippen molar-refractivity contribution in [3.8, 4) is 6.07 Å². The van der Waals surface area contributed by atoms with Crippen molar-refractivity contribution in [1.29, 1.82) is 5.26 Å². The molecular weight excluding hydrogens is 238 g/mol. The number of nitrogens with two attached hydrogens (primary N) is 1. The van der Waals surface area contributed by atoms with Crippen molar-refractivity contribution in [3.05, 3.63) is 0 Å². The van der Waals surface area contributed by atoms with Gasteiger partial charge in [0.15, 0.2) is 0 Å². The summed E-state index contributed by atoms with van der Waals surface area (Å²) >= 11 is 0. The number of rotatable bonds is 9. The Kier molecular flexibility index (Phi) is 9.24. The third-order valence-corrected chi connectivity index (χ3v) is 3.03. The van der Waals surface area contributed by atoms with Crippen LogP contribution in [0, 0.1) is 29.1 Å². The minimum Gasteiger partial charge on any atom is -0.341 e. The van der Waals surface area contributed by atoms with Crippen molar-refractivity contribution in [3.63, 3.8) is 0 Å². The Bertz CT molecular complexity index is 294. The molecule has 110 valence electrons. The normalized spacial score (nSPS) is 12.5. The van der Waals surface area contributed by atoms with Gasteiger partial charge in [0.25, 0.3) is 0 Å². The first-order chi connectivity index (χ1) is 8.90. The van der Waals surface area contributed by atoms with Crippen LogP contribution in [0.4, 0.5) is 0 Å². The van der Waals surface area contributed by atoms with Gasteiger partial charge in [0, 0.05) is 19.5 Å². The maximum Gasteiger partial charge on any atom is 0.222 e. The molecule has 0 aromatic rings. The summed E-state index contributed by atoms with van der Waals surface area (Å²) in [5, 5.41) is 8.67. The molecule has 4 heteroatoms. The molecule has 0 aromatic carbocycles. The Morgan fingerprint density at radius 3 is 2.32 bits per heavy atom. The number of amides is 1. The summed E-state index contributed by atoms with van der Waals surface area (Å²) in [7, 11) is 0. The van der Waals surface area contributed by atoms with Gasteiger partial charge in [-0.3, -0.25) is 4.79 Å². The van der Waals surface area contributed by atoms with Gasteiger partial charge in [-0.05, 0) is 30.7 Å². The van der Waals surface area contributed by atoms with E-state index in [9.17, 15) is 4.79 Å². The van der Waals surface area contributed by atoms with Crippen molar-refractivity contribution < 1.29 is 4.79 Å². The Morgan fingerprint density at radius 1 is 1.26 bits per heavy atom. The van der Waals surface area contributed by atoms with Crippen molar-refractivity contribution in [2.45, 2.75) is 47.0 Å². The molecule has 2 N–H and O–H groups in total. The van der Waals surface area contributed by atoms with Gasteiger partial charge in [-0.15, -0.1) is 0 Å². The molecule has 0 spiro atoms. The summed E-state index contributed by atoms with van der Waals surface area (Å²) in [5.41, 5.74) is 5.75. The van der Waals surface area contributed by atoms with Gasteiger partial charge in [-0.25, -0.2) is 0 Å². The Hall–Kier alpha value is -1.08. The van der Waals surface area contributed by atoms with Gasteiger partial charge < -0.3 is 10.6 Å². The monoisotopic (exact) mass is 267 g/mol. The molecular formula is C15H29N3O. The highest BCUT2D eigenvalue weighted by Crippen LogP contribution is 2.16. The molecule has 0 rings (SSSR count). The van der Waals surface area contributed by atoms with Crippen molar-refractivity contribution in [1.82, 2.24) is 4.90 Å². The maximum atomic E-state index is 12.3. The fraction of sp³-hybridized carbons (Fsp3) is 0.867. The standard InChI is InChI=1S/C15H29N3O/c1-12(2)8-14(10-17)9-15(19)18(7-5-6-16)11-13(3)4/h12-14H,5,7-11,17H2,1-4H3. The van der Waals surface area contributed by atoms with E-state index in [2.05, 4.69) is 33.8 Å². The molecule has 0 saturated carbocycles. The topological polar surface area (TPSA) is 70.1 Å². The van der Waals surface area contributed by atoms with E-state index < -0.39 is 0 Å². The zero-order valence-corrected chi connectivity index (χ0v) is 12.9. The van der Waals surface area contributed by atoms with Crippen molar-refractivity contribution >= 4 is 5.91 Å². The fourth-order valence-electron chi connectivity index (χ4n) is 2.25. The Balaban J connectivity index is 4.47. The van der Waals surface area contributed by atoms with Crippen LogP contribution in [0.25, 0.3) is 0 Å². The molecule has 0 saturated heterocycles. The number of carbonyl (C=O) groups is 1. The van der Waals surface area contributed by atoms with E-state index in [0.29, 0.717) is 37.8 Å². The number of hydrogen-bond donors (Lipinski definition) is 1. The molecule has 4 nitrogen and oxygen atoms in total. The van der Waals surface area contributed by atoms with Crippen LogP contribution in [0.1, 0.15) is 47.0 Å². The summed E-state index contributed by atoms with van der Waals surface area (Å²) in [4.78, 5) is 14.1. The highest BCUT2D eigenvalue weighted by molar-refractivity contribution is 5.76. The summed E-state index contributed by atoms with van der Waals surface area (Å²) in [6, 6.07) is 2.11. The molecule has 0 heterocycles. The van der Waals surface area contributed by atoms with Crippen LogP contribution in [0.15, 0.2) is 0 Å². The minimum atomic E-state index is 0.139. The molecule has 0 aliphatic rings. The second-order valence-electron chi connectivity index (χ2n) is 6.08. The van der Waals surface area contributed by atoms with Gasteiger partial charge in [-0.1, -0.05) is 27.7 Å². The van der Waals surface area contributed by atoms with Gasteiger partial charge in [0.2, 0.25) is 5.91 Å². The van der Waals surface area contributed by atoms with Crippen LogP contribution in [0.5, 0.6) is 0 Å². The zero-order chi connectivity index (χ0) is 14.8. The van der Waals surface area contributed by atoms with Gasteiger partial charge in [0.05, 0.1) is 12.5 Å². The first kappa shape index (κ1) is 17.9. The van der Waals surface area contributed by atoms with E-state index in [1.807, 2.05) is 4.90 Å². The Labute approximate surface area is 118 Å². The average molecular weight is 267 g/mol. The van der Waals surface area contributed by atoms with Crippen molar-refractivity contribution in [2.24, 2.45) is 23.5 Å². The summed E-state index contributed by atoms with van der Waals surface area (Å²) in [6.07, 6.45) is 1.89. The number of hydrogen-bond acceptors (Lipinski definition) is 3. The molecule has 0 aliphatic heterocycles. The molecule has 1 atom stereocenters. The largest absolute Gasteiger partial charge is 0.341 e. The van der Waals surface area contributed by atoms with E-state index >= 15 is 0 Å². The maximum absolute atomic E-state index is 12.3. The molecule has 0 aliphatic carbocycles. The van der Waals surface area contributed by atoms with Crippen LogP contribution in [0.2, 0.25) is 0 Å². The number of nitrogens with zero attached hydrogens (tertiary/aromatic N) is 2. The molecule has 0 bridgehead atoms. The number of nitriles is 1. The van der Waals surface area contributed by atoms with Gasteiger partial charge in [-0.2, -0.15) is 5.26 Å².